The van der Waals surface area contributed by atoms with Gasteiger partial charge in [0.15, 0.2) is 18.2 Å². The number of amides is 1. The van der Waals surface area contributed by atoms with Gasteiger partial charge in [0.25, 0.3) is 5.91 Å². The largest absolute Gasteiger partial charge is 0.480 e. The highest BCUT2D eigenvalue weighted by Gasteiger charge is 2.52. The molecular formula is C31H34F3N5O6. The maximum Gasteiger partial charge on any atom is 0.377 e. The number of nitrogens with one attached hydrogen (secondary N) is 1. The maximum atomic E-state index is 15.1. The number of alkyl halides is 2. The van der Waals surface area contributed by atoms with Gasteiger partial charge in [-0.15, -0.1) is 0 Å². The van der Waals surface area contributed by atoms with Crippen LogP contribution in [0.5, 0.6) is 11.6 Å². The highest BCUT2D eigenvalue weighted by molar-refractivity contribution is 5.94. The Morgan fingerprint density at radius 2 is 1.96 bits per heavy atom. The van der Waals surface area contributed by atoms with E-state index in [9.17, 15) is 18.4 Å². The van der Waals surface area contributed by atoms with Gasteiger partial charge in [0, 0.05) is 18.7 Å². The van der Waals surface area contributed by atoms with E-state index in [1.807, 2.05) is 13.1 Å². The fourth-order valence-electron chi connectivity index (χ4n) is 6.26. The minimum absolute atomic E-state index is 0.0234. The van der Waals surface area contributed by atoms with Crippen LogP contribution in [0.1, 0.15) is 51.0 Å². The Kier molecular flexibility index (Phi) is 8.18. The Morgan fingerprint density at radius 3 is 2.69 bits per heavy atom. The minimum Gasteiger partial charge on any atom is -0.480 e. The minimum atomic E-state index is -3.69. The van der Waals surface area contributed by atoms with Crippen molar-refractivity contribution in [1.82, 2.24) is 15.0 Å². The predicted molar refractivity (Wildman–Crippen MR) is 156 cm³/mol. The molecular weight excluding hydrogens is 595 g/mol. The molecule has 11 nitrogen and oxygen atoms in total. The quantitative estimate of drug-likeness (QED) is 0.301. The number of hydrogen-bond acceptors (Lipinski definition) is 10. The van der Waals surface area contributed by atoms with Crippen molar-refractivity contribution in [3.05, 3.63) is 41.8 Å². The summed E-state index contributed by atoms with van der Waals surface area (Å²) in [6.07, 6.45) is 4.38. The smallest absolute Gasteiger partial charge is 0.377 e. The molecule has 6 heterocycles. The van der Waals surface area contributed by atoms with E-state index in [2.05, 4.69) is 29.9 Å². The molecule has 2 saturated heterocycles. The van der Waals surface area contributed by atoms with Gasteiger partial charge in [-0.2, -0.15) is 8.78 Å². The molecule has 3 aromatic heterocycles. The van der Waals surface area contributed by atoms with Crippen molar-refractivity contribution >= 4 is 34.5 Å². The number of aromatic nitrogens is 3. The van der Waals surface area contributed by atoms with Gasteiger partial charge in [-0.25, -0.2) is 19.2 Å². The van der Waals surface area contributed by atoms with Crippen molar-refractivity contribution < 1.29 is 41.7 Å². The lowest BCUT2D eigenvalue weighted by Gasteiger charge is -2.56. The number of hydrogen-bond donors (Lipinski definition) is 1. The summed E-state index contributed by atoms with van der Waals surface area (Å²) in [5, 5.41) is 2.75. The molecule has 1 saturated carbocycles. The molecule has 0 spiro atoms. The fraction of sp³-hybridized carbons (Fsp3) is 0.516. The highest BCUT2D eigenvalue weighted by atomic mass is 19.3. The molecule has 1 aliphatic carbocycles. The number of nitrogens with zero attached hydrogens (tertiary/aromatic N) is 4. The molecule has 45 heavy (non-hydrogen) atoms. The Labute approximate surface area is 257 Å². The molecule has 3 aliphatic heterocycles. The number of carbonyl (C=O) groups is 2. The van der Waals surface area contributed by atoms with Crippen LogP contribution >= 0.6 is 0 Å². The monoisotopic (exact) mass is 629 g/mol. The zero-order chi connectivity index (χ0) is 31.8. The second-order valence-corrected chi connectivity index (χ2v) is 11.7. The summed E-state index contributed by atoms with van der Waals surface area (Å²) >= 11 is 0. The summed E-state index contributed by atoms with van der Waals surface area (Å²) in [5.74, 6) is -4.40. The number of aryl methyl sites for hydroxylation is 1. The second-order valence-electron chi connectivity index (χ2n) is 11.7. The summed E-state index contributed by atoms with van der Waals surface area (Å²) in [7, 11) is 1.98. The third-order valence-corrected chi connectivity index (χ3v) is 9.06. The molecule has 3 aromatic rings. The number of anilines is 2. The highest BCUT2D eigenvalue weighted by Crippen LogP contribution is 2.49. The van der Waals surface area contributed by atoms with Crippen molar-refractivity contribution in [2.75, 3.05) is 43.7 Å². The van der Waals surface area contributed by atoms with Crippen LogP contribution in [-0.4, -0.2) is 77.4 Å². The van der Waals surface area contributed by atoms with Crippen LogP contribution in [0.2, 0.25) is 0 Å². The number of ether oxygens (including phenoxy) is 4. The molecule has 2 bridgehead atoms. The van der Waals surface area contributed by atoms with Crippen LogP contribution in [-0.2, 0) is 25.5 Å². The molecule has 0 radical (unpaired) electrons. The fourth-order valence-corrected chi connectivity index (χ4v) is 6.26. The van der Waals surface area contributed by atoms with Gasteiger partial charge in [-0.1, -0.05) is 0 Å². The Balaban J connectivity index is 1.11. The summed E-state index contributed by atoms with van der Waals surface area (Å²) < 4.78 is 64.9. The molecule has 0 unspecified atom stereocenters. The summed E-state index contributed by atoms with van der Waals surface area (Å²) in [4.78, 5) is 38.5. The second kappa shape index (κ2) is 12.0. The normalized spacial score (nSPS) is 22.4. The van der Waals surface area contributed by atoms with Crippen molar-refractivity contribution in [3.63, 3.8) is 0 Å². The molecule has 3 fully saturated rings. The van der Waals surface area contributed by atoms with E-state index in [1.54, 1.807) is 12.1 Å². The first-order valence-corrected chi connectivity index (χ1v) is 15.0. The van der Waals surface area contributed by atoms with Gasteiger partial charge in [0.2, 0.25) is 5.88 Å². The number of carbonyl (C=O) groups excluding carboxylic acids is 2. The molecule has 1 N–H and O–H groups in total. The van der Waals surface area contributed by atoms with E-state index in [-0.39, 0.29) is 36.1 Å². The lowest BCUT2D eigenvalue weighted by atomic mass is 9.68. The molecule has 14 heteroatoms. The molecule has 7 rings (SSSR count). The van der Waals surface area contributed by atoms with Crippen molar-refractivity contribution in [1.29, 1.82) is 0 Å². The average molecular weight is 630 g/mol. The van der Waals surface area contributed by atoms with Crippen LogP contribution < -0.4 is 19.7 Å². The first-order chi connectivity index (χ1) is 21.5. The van der Waals surface area contributed by atoms with E-state index in [0.29, 0.717) is 47.9 Å². The van der Waals surface area contributed by atoms with Crippen molar-refractivity contribution in [2.45, 2.75) is 68.9 Å². The Hall–Kier alpha value is -4.20. The van der Waals surface area contributed by atoms with Gasteiger partial charge in [0.05, 0.1) is 54.6 Å². The lowest BCUT2D eigenvalue weighted by molar-refractivity contribution is -0.173. The maximum absolute atomic E-state index is 15.1. The van der Waals surface area contributed by atoms with Crippen LogP contribution in [0.4, 0.5) is 24.8 Å². The van der Waals surface area contributed by atoms with Gasteiger partial charge in [-0.05, 0) is 63.6 Å². The van der Waals surface area contributed by atoms with E-state index in [0.717, 1.165) is 31.9 Å². The molecule has 240 valence electrons. The standard InChI is InChI=1S/C31H34F3N5O6/c1-3-42-28(41)31(33,34)14-15-43-25-7-4-21-26(38-25)19(20(32)16-35-21)8-9-30-12-10-29(11-13-30,18-45-30)39(2)23-6-5-22-27(36-23)37-24(40)17-44-22/h4-7,16H,3,8-15,17-18H2,1-2H3,(H,36,37,40). The molecule has 0 aromatic carbocycles. The van der Waals surface area contributed by atoms with Gasteiger partial charge < -0.3 is 29.2 Å². The molecule has 4 aliphatic rings. The number of pyridine rings is 3. The van der Waals surface area contributed by atoms with Gasteiger partial charge in [-0.3, -0.25) is 9.78 Å². The Bertz CT molecular complexity index is 1600. The van der Waals surface area contributed by atoms with Crippen molar-refractivity contribution in [3.8, 4) is 11.6 Å². The van der Waals surface area contributed by atoms with E-state index >= 15 is 4.39 Å². The van der Waals surface area contributed by atoms with E-state index in [4.69, 9.17) is 14.2 Å². The molecule has 1 amide bonds. The number of rotatable bonds is 11. The SMILES string of the molecule is CCOC(=O)C(F)(F)CCOc1ccc2ncc(F)c(CCC34CCC(N(C)c5ccc6c(n5)NC(=O)CO6)(CC3)CO4)c2n1. The summed E-state index contributed by atoms with van der Waals surface area (Å²) in [6, 6.07) is 6.74. The summed E-state index contributed by atoms with van der Waals surface area (Å²) in [5.41, 5.74) is 0.386. The number of likely N-dealkylation sites (N-methyl/N-ethyl adjacent to an activating group) is 1. The third kappa shape index (κ3) is 6.07. The first kappa shape index (κ1) is 30.8. The predicted octanol–water partition coefficient (Wildman–Crippen LogP) is 4.61. The molecule has 0 atom stereocenters. The van der Waals surface area contributed by atoms with E-state index in [1.165, 1.54) is 13.0 Å². The number of fused-ring (bicyclic) bond motifs is 5. The first-order valence-electron chi connectivity index (χ1n) is 15.0. The van der Waals surface area contributed by atoms with Crippen LogP contribution in [0.15, 0.2) is 30.5 Å². The number of halogens is 3. The lowest BCUT2D eigenvalue weighted by Crippen LogP contribution is -2.62. The topological polar surface area (TPSA) is 125 Å². The van der Waals surface area contributed by atoms with Gasteiger partial charge >= 0.3 is 11.9 Å². The summed E-state index contributed by atoms with van der Waals surface area (Å²) in [6.45, 7) is 1.24. The zero-order valence-corrected chi connectivity index (χ0v) is 25.0. The number of esters is 1. The van der Waals surface area contributed by atoms with Gasteiger partial charge in [0.1, 0.15) is 11.6 Å². The third-order valence-electron chi connectivity index (χ3n) is 9.06. The average Bonchev–Trinajstić information content (AvgIpc) is 3.04. The van der Waals surface area contributed by atoms with E-state index < -0.39 is 36.3 Å². The Morgan fingerprint density at radius 1 is 1.16 bits per heavy atom. The van der Waals surface area contributed by atoms with Crippen LogP contribution in [0, 0.1) is 5.82 Å². The van der Waals surface area contributed by atoms with Crippen LogP contribution in [0.25, 0.3) is 11.0 Å². The van der Waals surface area contributed by atoms with Crippen molar-refractivity contribution in [2.24, 2.45) is 0 Å². The zero-order valence-electron chi connectivity index (χ0n) is 25.0. The van der Waals surface area contributed by atoms with Crippen LogP contribution in [0.3, 0.4) is 0 Å².